The van der Waals surface area contributed by atoms with Crippen LogP contribution in [0.1, 0.15) is 311 Å². The topological polar surface area (TPSA) is 206 Å². The summed E-state index contributed by atoms with van der Waals surface area (Å²) in [7, 11) is 0. The first kappa shape index (κ1) is 79.2. The maximum atomic E-state index is 12.7. The van der Waals surface area contributed by atoms with Crippen molar-refractivity contribution in [2.75, 3.05) is 0 Å². The number of Topliss-reactive ketones (excluding diaryl/α,β-unsaturated/α-hetero) is 1. The number of aliphatic hydroxyl groups is 2. The molecule has 109 heavy (non-hydrogen) atoms. The number of allylic oxidation sites excluding steroid dienone is 6. The largest absolute Gasteiger partial charge is 0.393 e. The third-order valence-electron chi connectivity index (χ3n) is 38.6. The smallest absolute Gasteiger partial charge is 0.163 e. The molecule has 36 atom stereocenters. The van der Waals surface area contributed by atoms with Crippen LogP contribution in [-0.2, 0) is 42.7 Å². The summed E-state index contributed by atoms with van der Waals surface area (Å²) in [5.41, 5.74) is 22.6. The van der Waals surface area contributed by atoms with Crippen LogP contribution in [-0.4, -0.2) is 112 Å². The fourth-order valence-corrected chi connectivity index (χ4v) is 33.6. The fraction of sp³-hybridized carbons (Fsp3) is 0.926. The molecule has 0 aromatic rings. The van der Waals surface area contributed by atoms with Crippen LogP contribution in [0.3, 0.4) is 0 Å². The number of carbonyl (C=O) groups is 1. The summed E-state index contributed by atoms with van der Waals surface area (Å²) >= 11 is 0. The highest BCUT2D eigenvalue weighted by atomic mass is 16.8. The van der Waals surface area contributed by atoms with E-state index in [9.17, 15) is 15.0 Å². The third kappa shape index (κ3) is 12.1. The van der Waals surface area contributed by atoms with Crippen LogP contribution in [0.25, 0.3) is 10.4 Å². The number of nitrogens with zero attached hydrogens (tertiary/aromatic N) is 3. The summed E-state index contributed by atoms with van der Waals surface area (Å²) in [6.07, 6.45) is 40.2. The Balaban J connectivity index is 0.000000106. The highest BCUT2D eigenvalue weighted by Gasteiger charge is 2.74. The van der Waals surface area contributed by atoms with Gasteiger partial charge in [0.15, 0.2) is 23.1 Å². The summed E-state index contributed by atoms with van der Waals surface area (Å²) in [4.78, 5) is 15.9. The minimum absolute atomic E-state index is 0.0595. The number of nitrogens with two attached hydrogens (primary N) is 1. The van der Waals surface area contributed by atoms with Gasteiger partial charge in [0, 0.05) is 28.8 Å². The standard InChI is InChI=1S/C24H37N3O2.C24H39NO2.C24H38O3.C22H34O4/c1-6-14-7-8-16-19-17(10-12-23(14,16)4)24(5)11-9-15(26-27-25)13-18(24)20-21(19)29-22(2,3)28-20;2*1-6-14-7-8-16-19-17(10-12-23(14,16)4)24(5)11-9-15(25)13-18(24)20-21(19)27-22(2,3)26-20;1-20(2)25-18-15-11-12(23)7-9-21(15,3)14-8-10-22(4)13(5-6-16(22)24)17(14)19(18)26-20/h6,15-21H,7-13H2,1-5H3;6,15-21H,7-13,25H2,1-5H3;6,15-21,25H,7-13H2,1-5H3;12-15,17-19,23H,5-11H2,1-4H3/b3*14-6-;/t2*15-,16?,17?,18?,19?,20-,21-,23-,24-;15-,16?,17?,18?,19?,20+,21+,23+,24+;12-,13?,14?,15?,17?,18+,19+,21+,22-/m1100/s1. The predicted octanol–water partition coefficient (Wildman–Crippen LogP) is 20.2. The van der Waals surface area contributed by atoms with Crippen LogP contribution < -0.4 is 5.73 Å². The Labute approximate surface area is 657 Å². The first-order valence-corrected chi connectivity index (χ1v) is 45.4. The zero-order chi connectivity index (χ0) is 77.5. The second-order valence-corrected chi connectivity index (χ2v) is 44.7. The van der Waals surface area contributed by atoms with E-state index < -0.39 is 23.1 Å². The van der Waals surface area contributed by atoms with Crippen LogP contribution in [0.2, 0.25) is 0 Å². The Morgan fingerprint density at radius 2 is 0.633 bits per heavy atom. The van der Waals surface area contributed by atoms with E-state index in [4.69, 9.17) is 49.2 Å². The molecule has 4 heterocycles. The average molecular weight is 1510 g/mol. The van der Waals surface area contributed by atoms with Crippen LogP contribution in [0.4, 0.5) is 0 Å². The molecule has 0 aromatic carbocycles. The van der Waals surface area contributed by atoms with Gasteiger partial charge in [-0.05, 0) is 388 Å². The molecule has 16 unspecified atom stereocenters. The number of ether oxygens (including phenoxy) is 8. The molecule has 0 bridgehead atoms. The molecule has 610 valence electrons. The molecule has 15 nitrogen and oxygen atoms in total. The summed E-state index contributed by atoms with van der Waals surface area (Å²) in [6.45, 7) is 43.3. The van der Waals surface area contributed by atoms with Gasteiger partial charge < -0.3 is 53.8 Å². The summed E-state index contributed by atoms with van der Waals surface area (Å²) < 4.78 is 52.9. The Bertz CT molecular complexity index is 3520. The van der Waals surface area contributed by atoms with E-state index in [0.717, 1.165) is 108 Å². The second-order valence-electron chi connectivity index (χ2n) is 44.7. The quantitative estimate of drug-likeness (QED) is 0.0970. The molecule has 0 aromatic heterocycles. The van der Waals surface area contributed by atoms with Crippen molar-refractivity contribution in [1.29, 1.82) is 0 Å². The number of hydrogen-bond donors (Lipinski definition) is 3. The molecule has 20 fully saturated rings. The van der Waals surface area contributed by atoms with E-state index in [1.807, 2.05) is 13.8 Å². The van der Waals surface area contributed by atoms with Gasteiger partial charge in [0.25, 0.3) is 0 Å². The van der Waals surface area contributed by atoms with Crippen molar-refractivity contribution in [1.82, 2.24) is 0 Å². The first-order valence-electron chi connectivity index (χ1n) is 45.4. The van der Waals surface area contributed by atoms with Crippen LogP contribution in [0.15, 0.2) is 40.1 Å². The SMILES string of the molecule is C/C=C1/CCC2C3C(CC[C@]12C)[C@@]1(C)CC[C@@H](N)CC1[C@H]1OC(C)(C)O[C@H]31.C/C=C1/CCC2C3C(CC[C@]12C)[C@@]1(C)CC[C@@H](N=[N+]=[N-])CC1[C@H]1OC(C)(C)O[C@H]31.C/C=C1/CCC2C3C(CC[C@]12C)[C@@]1(C)CC[C@H](O)CC1[C@H]1OC(C)(C)O[C@H]31.CC1(C)O[C@@H]2C3C(CC[C@]4(C)C(=O)CCC34)[C@@]3(C)CC[C@H](O)CC3[C@H]2O1. The van der Waals surface area contributed by atoms with Crippen molar-refractivity contribution >= 4 is 5.78 Å². The Morgan fingerprint density at radius 3 is 0.972 bits per heavy atom. The van der Waals surface area contributed by atoms with Crippen molar-refractivity contribution in [3.05, 3.63) is 45.4 Å². The maximum Gasteiger partial charge on any atom is 0.163 e. The van der Waals surface area contributed by atoms with Crippen LogP contribution in [0.5, 0.6) is 0 Å². The number of azide groups is 1. The monoisotopic (exact) mass is 1510 g/mol. The molecule has 0 spiro atoms. The highest BCUT2D eigenvalue weighted by molar-refractivity contribution is 5.87. The summed E-state index contributed by atoms with van der Waals surface area (Å²) in [5.74, 6) is 7.80. The van der Waals surface area contributed by atoms with Gasteiger partial charge in [-0.25, -0.2) is 0 Å². The van der Waals surface area contributed by atoms with Crippen molar-refractivity contribution in [2.24, 2.45) is 149 Å². The zero-order valence-electron chi connectivity index (χ0n) is 71.2. The van der Waals surface area contributed by atoms with E-state index in [0.29, 0.717) is 110 Å². The van der Waals surface area contributed by atoms with Gasteiger partial charge >= 0.3 is 0 Å². The van der Waals surface area contributed by atoms with E-state index >= 15 is 0 Å². The van der Waals surface area contributed by atoms with E-state index in [2.05, 4.69) is 146 Å². The first-order chi connectivity index (χ1) is 51.3. The second kappa shape index (κ2) is 27.2. The fourth-order valence-electron chi connectivity index (χ4n) is 33.6. The lowest BCUT2D eigenvalue weighted by Crippen LogP contribution is -2.63. The molecule has 16 aliphatic carbocycles. The number of aliphatic hydroxyl groups excluding tert-OH is 2. The predicted molar refractivity (Wildman–Crippen MR) is 424 cm³/mol. The number of fused-ring (bicyclic) bond motifs is 32. The maximum absolute atomic E-state index is 12.7. The van der Waals surface area contributed by atoms with Crippen molar-refractivity contribution in [3.8, 4) is 0 Å². The number of carbonyl (C=O) groups excluding carboxylic acids is 1. The van der Waals surface area contributed by atoms with Crippen molar-refractivity contribution in [3.63, 3.8) is 0 Å². The van der Waals surface area contributed by atoms with Crippen LogP contribution in [0, 0.1) is 138 Å². The van der Waals surface area contributed by atoms with Crippen molar-refractivity contribution in [2.45, 2.75) is 408 Å². The molecule has 20 rings (SSSR count). The minimum Gasteiger partial charge on any atom is -0.393 e. The number of ketones is 1. The average Bonchev–Trinajstić information content (AvgIpc) is 1.12. The Hall–Kier alpha value is -2.24. The molecular formula is C94H148N4O11. The lowest BCUT2D eigenvalue weighted by atomic mass is 9.43. The van der Waals surface area contributed by atoms with E-state index in [1.54, 1.807) is 16.7 Å². The van der Waals surface area contributed by atoms with Gasteiger partial charge in [-0.3, -0.25) is 4.79 Å². The summed E-state index contributed by atoms with van der Waals surface area (Å²) in [6, 6.07) is 0.445. The lowest BCUT2D eigenvalue weighted by Gasteiger charge is -2.63. The highest BCUT2D eigenvalue weighted by Crippen LogP contribution is 2.75. The molecule has 16 saturated carbocycles. The minimum atomic E-state index is -0.565. The molecule has 20 aliphatic rings. The number of rotatable bonds is 1. The Morgan fingerprint density at radius 1 is 0.349 bits per heavy atom. The Kier molecular flexibility index (Phi) is 19.7. The van der Waals surface area contributed by atoms with Gasteiger partial charge in [-0.15, -0.1) is 0 Å². The van der Waals surface area contributed by atoms with Gasteiger partial charge in [0.05, 0.1) is 61.0 Å². The lowest BCUT2D eigenvalue weighted by molar-refractivity contribution is -0.186. The molecular weight excluding hydrogens is 1360 g/mol. The summed E-state index contributed by atoms with van der Waals surface area (Å²) in [5, 5.41) is 25.0. The third-order valence-corrected chi connectivity index (χ3v) is 38.6. The van der Waals surface area contributed by atoms with Crippen LogP contribution >= 0.6 is 0 Å². The van der Waals surface area contributed by atoms with Gasteiger partial charge in [-0.2, -0.15) is 0 Å². The van der Waals surface area contributed by atoms with E-state index in [1.165, 1.54) is 89.9 Å². The van der Waals surface area contributed by atoms with Crippen molar-refractivity contribution < 1.29 is 52.9 Å². The van der Waals surface area contributed by atoms with Gasteiger partial charge in [-0.1, -0.05) is 95.5 Å². The zero-order valence-corrected chi connectivity index (χ0v) is 71.2. The molecule has 0 radical (unpaired) electrons. The molecule has 0 amide bonds. The van der Waals surface area contributed by atoms with E-state index in [-0.39, 0.29) is 88.7 Å². The molecule has 15 heteroatoms. The molecule has 4 aliphatic heterocycles. The van der Waals surface area contributed by atoms with Gasteiger partial charge in [0.2, 0.25) is 0 Å². The normalized spacial score (nSPS) is 56.8. The van der Waals surface area contributed by atoms with Gasteiger partial charge in [0.1, 0.15) is 5.78 Å². The molecule has 4 saturated heterocycles. The molecule has 4 N–H and O–H groups in total. The number of hydrogen-bond acceptors (Lipinski definition) is 13.